The van der Waals surface area contributed by atoms with Crippen molar-refractivity contribution >= 4 is 28.8 Å². The van der Waals surface area contributed by atoms with E-state index in [-0.39, 0.29) is 5.91 Å². The molecule has 2 atom stereocenters. The van der Waals surface area contributed by atoms with Gasteiger partial charge in [-0.25, -0.2) is 0 Å². The minimum absolute atomic E-state index is 0.154. The van der Waals surface area contributed by atoms with E-state index in [1.807, 2.05) is 6.92 Å². The SMILES string of the molecule is CC(Cl)C(=O)NCC1(C)OCCc2sccc21. The molecule has 94 valence electrons. The number of alkyl halides is 1. The van der Waals surface area contributed by atoms with Crippen molar-refractivity contribution in [2.24, 2.45) is 0 Å². The molecule has 0 fully saturated rings. The van der Waals surface area contributed by atoms with E-state index in [9.17, 15) is 4.79 Å². The Balaban J connectivity index is 2.08. The fourth-order valence-electron chi connectivity index (χ4n) is 1.99. The van der Waals surface area contributed by atoms with Gasteiger partial charge in [0.1, 0.15) is 11.0 Å². The second-order valence-electron chi connectivity index (χ2n) is 4.42. The Hall–Kier alpha value is -0.580. The number of fused-ring (bicyclic) bond motifs is 1. The number of hydrogen-bond acceptors (Lipinski definition) is 3. The van der Waals surface area contributed by atoms with Crippen LogP contribution < -0.4 is 5.32 Å². The van der Waals surface area contributed by atoms with Gasteiger partial charge in [0.05, 0.1) is 13.2 Å². The normalized spacial score (nSPS) is 25.1. The molecule has 1 aliphatic heterocycles. The minimum atomic E-state index is -0.510. The quantitative estimate of drug-likeness (QED) is 0.858. The van der Waals surface area contributed by atoms with Crippen molar-refractivity contribution in [3.05, 3.63) is 21.9 Å². The third kappa shape index (κ3) is 2.64. The van der Waals surface area contributed by atoms with Crippen LogP contribution >= 0.6 is 22.9 Å². The summed E-state index contributed by atoms with van der Waals surface area (Å²) in [7, 11) is 0. The first-order valence-electron chi connectivity index (χ1n) is 5.65. The number of halogens is 1. The van der Waals surface area contributed by atoms with Crippen LogP contribution in [0.3, 0.4) is 0 Å². The average molecular weight is 274 g/mol. The van der Waals surface area contributed by atoms with Gasteiger partial charge in [-0.3, -0.25) is 4.79 Å². The van der Waals surface area contributed by atoms with Gasteiger partial charge in [0, 0.05) is 11.3 Å². The molecule has 2 unspecified atom stereocenters. The van der Waals surface area contributed by atoms with E-state index in [1.54, 1.807) is 18.3 Å². The first-order valence-corrected chi connectivity index (χ1v) is 6.97. The lowest BCUT2D eigenvalue weighted by atomic mass is 9.93. The summed E-state index contributed by atoms with van der Waals surface area (Å²) in [4.78, 5) is 12.8. The molecule has 1 aromatic rings. The van der Waals surface area contributed by atoms with Crippen LogP contribution in [0.25, 0.3) is 0 Å². The second-order valence-corrected chi connectivity index (χ2v) is 6.08. The van der Waals surface area contributed by atoms with Crippen molar-refractivity contribution in [2.75, 3.05) is 13.2 Å². The predicted molar refractivity (Wildman–Crippen MR) is 69.7 cm³/mol. The number of thiophene rings is 1. The van der Waals surface area contributed by atoms with Crippen molar-refractivity contribution in [1.82, 2.24) is 5.32 Å². The van der Waals surface area contributed by atoms with E-state index in [0.717, 1.165) is 6.42 Å². The molecule has 1 N–H and O–H groups in total. The molecule has 0 aliphatic carbocycles. The number of ether oxygens (including phenoxy) is 1. The van der Waals surface area contributed by atoms with Gasteiger partial charge in [-0.1, -0.05) is 0 Å². The Labute approximate surface area is 110 Å². The smallest absolute Gasteiger partial charge is 0.237 e. The molecule has 0 saturated heterocycles. The molecule has 5 heteroatoms. The molecule has 2 heterocycles. The van der Waals surface area contributed by atoms with Crippen LogP contribution in [-0.4, -0.2) is 24.4 Å². The topological polar surface area (TPSA) is 38.3 Å². The summed E-state index contributed by atoms with van der Waals surface area (Å²) < 4.78 is 5.83. The fourth-order valence-corrected chi connectivity index (χ4v) is 3.05. The van der Waals surface area contributed by atoms with Crippen LogP contribution in [0.1, 0.15) is 24.3 Å². The van der Waals surface area contributed by atoms with Gasteiger partial charge in [0.25, 0.3) is 0 Å². The summed E-state index contributed by atoms with van der Waals surface area (Å²) in [6, 6.07) is 2.08. The van der Waals surface area contributed by atoms with Gasteiger partial charge >= 0.3 is 0 Å². The number of rotatable bonds is 3. The van der Waals surface area contributed by atoms with Crippen LogP contribution in [0.4, 0.5) is 0 Å². The highest BCUT2D eigenvalue weighted by Crippen LogP contribution is 2.35. The van der Waals surface area contributed by atoms with Crippen molar-refractivity contribution in [3.63, 3.8) is 0 Å². The summed E-state index contributed by atoms with van der Waals surface area (Å²) in [5.41, 5.74) is 0.769. The van der Waals surface area contributed by atoms with E-state index in [1.165, 1.54) is 10.4 Å². The van der Waals surface area contributed by atoms with Crippen LogP contribution in [0.5, 0.6) is 0 Å². The Kier molecular flexibility index (Phi) is 3.76. The largest absolute Gasteiger partial charge is 0.368 e. The number of carbonyl (C=O) groups excluding carboxylic acids is 1. The van der Waals surface area contributed by atoms with Gasteiger partial charge in [0.15, 0.2) is 0 Å². The summed E-state index contributed by atoms with van der Waals surface area (Å²) in [6.07, 6.45) is 0.961. The Morgan fingerprint density at radius 2 is 2.53 bits per heavy atom. The zero-order valence-corrected chi connectivity index (χ0v) is 11.5. The maximum absolute atomic E-state index is 11.5. The van der Waals surface area contributed by atoms with Gasteiger partial charge in [-0.2, -0.15) is 0 Å². The summed E-state index contributed by atoms with van der Waals surface area (Å²) in [5.74, 6) is -0.154. The summed E-state index contributed by atoms with van der Waals surface area (Å²) in [6.45, 7) is 4.84. The van der Waals surface area contributed by atoms with Gasteiger partial charge < -0.3 is 10.1 Å². The molecule has 0 bridgehead atoms. The third-order valence-corrected chi connectivity index (χ3v) is 4.21. The van der Waals surface area contributed by atoms with Crippen molar-refractivity contribution < 1.29 is 9.53 Å². The summed E-state index contributed by atoms with van der Waals surface area (Å²) in [5, 5.41) is 4.39. The second kappa shape index (κ2) is 4.96. The number of carbonyl (C=O) groups is 1. The van der Waals surface area contributed by atoms with Crippen molar-refractivity contribution in [3.8, 4) is 0 Å². The van der Waals surface area contributed by atoms with Gasteiger partial charge in [-0.05, 0) is 30.9 Å². The van der Waals surface area contributed by atoms with Gasteiger partial charge in [0.2, 0.25) is 5.91 Å². The monoisotopic (exact) mass is 273 g/mol. The Bertz CT molecular complexity index is 418. The average Bonchev–Trinajstić information content (AvgIpc) is 2.76. The lowest BCUT2D eigenvalue weighted by molar-refractivity contribution is -0.122. The lowest BCUT2D eigenvalue weighted by Gasteiger charge is -2.34. The maximum Gasteiger partial charge on any atom is 0.237 e. The fraction of sp³-hybridized carbons (Fsp3) is 0.583. The lowest BCUT2D eigenvalue weighted by Crippen LogP contribution is -2.44. The van der Waals surface area contributed by atoms with Crippen molar-refractivity contribution in [1.29, 1.82) is 0 Å². The Morgan fingerprint density at radius 3 is 3.24 bits per heavy atom. The molecular formula is C12H16ClNO2S. The molecule has 0 aromatic carbocycles. The highest BCUT2D eigenvalue weighted by Gasteiger charge is 2.34. The van der Waals surface area contributed by atoms with Crippen LogP contribution in [0, 0.1) is 0 Å². The first-order chi connectivity index (χ1) is 8.03. The molecule has 2 rings (SSSR count). The molecule has 0 radical (unpaired) electrons. The van der Waals surface area contributed by atoms with Crippen LogP contribution in [0.15, 0.2) is 11.4 Å². The van der Waals surface area contributed by atoms with E-state index < -0.39 is 11.0 Å². The van der Waals surface area contributed by atoms with Crippen LogP contribution in [0.2, 0.25) is 0 Å². The molecule has 1 amide bonds. The highest BCUT2D eigenvalue weighted by molar-refractivity contribution is 7.10. The number of hydrogen-bond donors (Lipinski definition) is 1. The van der Waals surface area contributed by atoms with Gasteiger partial charge in [-0.15, -0.1) is 22.9 Å². The van der Waals surface area contributed by atoms with Crippen LogP contribution in [-0.2, 0) is 21.6 Å². The zero-order valence-electron chi connectivity index (χ0n) is 9.96. The minimum Gasteiger partial charge on any atom is -0.368 e. The first kappa shape index (κ1) is 12.9. The molecule has 17 heavy (non-hydrogen) atoms. The van der Waals surface area contributed by atoms with Crippen molar-refractivity contribution in [2.45, 2.75) is 31.2 Å². The maximum atomic E-state index is 11.5. The third-order valence-electron chi connectivity index (χ3n) is 3.03. The predicted octanol–water partition coefficient (Wildman–Crippen LogP) is 2.28. The number of amides is 1. The summed E-state index contributed by atoms with van der Waals surface area (Å²) >= 11 is 7.47. The standard InChI is InChI=1S/C12H16ClNO2S/c1-8(13)11(15)14-7-12(2)9-4-6-17-10(9)3-5-16-12/h4,6,8H,3,5,7H2,1-2H3,(H,14,15). The Morgan fingerprint density at radius 1 is 1.76 bits per heavy atom. The zero-order chi connectivity index (χ0) is 12.5. The molecule has 3 nitrogen and oxygen atoms in total. The molecule has 1 aromatic heterocycles. The van der Waals surface area contributed by atoms with E-state index in [0.29, 0.717) is 13.2 Å². The molecule has 0 saturated carbocycles. The molecular weight excluding hydrogens is 258 g/mol. The number of nitrogens with one attached hydrogen (secondary N) is 1. The van der Waals surface area contributed by atoms with E-state index >= 15 is 0 Å². The van der Waals surface area contributed by atoms with E-state index in [2.05, 4.69) is 16.8 Å². The highest BCUT2D eigenvalue weighted by atomic mass is 35.5. The molecule has 0 spiro atoms. The van der Waals surface area contributed by atoms with E-state index in [4.69, 9.17) is 16.3 Å². The molecule has 1 aliphatic rings.